The van der Waals surface area contributed by atoms with E-state index in [1.165, 1.54) is 16.4 Å². The molecule has 0 atom stereocenters. The maximum atomic E-state index is 14.0. The van der Waals surface area contributed by atoms with Crippen LogP contribution < -0.4 is 0 Å². The van der Waals surface area contributed by atoms with Gasteiger partial charge < -0.3 is 10.0 Å². The number of aliphatic carboxylic acids is 1. The van der Waals surface area contributed by atoms with Crippen molar-refractivity contribution in [3.63, 3.8) is 0 Å². The number of amides is 1. The zero-order valence-electron chi connectivity index (χ0n) is 18.5. The molecule has 0 radical (unpaired) electrons. The summed E-state index contributed by atoms with van der Waals surface area (Å²) in [6.45, 7) is 3.14. The second-order valence-electron chi connectivity index (χ2n) is 9.22. The fourth-order valence-electron chi connectivity index (χ4n) is 5.03. The smallest absolute Gasteiger partial charge is 0.307 e. The number of carboxylic acid groups (broad SMARTS) is 1. The number of nitrogens with zero attached hydrogens (tertiary/aromatic N) is 2. The summed E-state index contributed by atoms with van der Waals surface area (Å²) in [5, 5.41) is 10.3. The van der Waals surface area contributed by atoms with Crippen LogP contribution >= 0.6 is 0 Å². The van der Waals surface area contributed by atoms with Gasteiger partial charge in [0.1, 0.15) is 5.82 Å². The number of carbonyl (C=O) groups is 2. The van der Waals surface area contributed by atoms with Crippen LogP contribution in [0.3, 0.4) is 0 Å². The summed E-state index contributed by atoms with van der Waals surface area (Å²) in [6, 6.07) is 14.1. The number of likely N-dealkylation sites (tertiary alicyclic amines) is 1. The lowest BCUT2D eigenvalue weighted by Gasteiger charge is -2.59. The minimum Gasteiger partial charge on any atom is -0.481 e. The van der Waals surface area contributed by atoms with Gasteiger partial charge in [-0.05, 0) is 53.1 Å². The predicted molar refractivity (Wildman–Crippen MR) is 124 cm³/mol. The highest BCUT2D eigenvalue weighted by Crippen LogP contribution is 2.43. The van der Waals surface area contributed by atoms with E-state index in [9.17, 15) is 27.5 Å². The van der Waals surface area contributed by atoms with Gasteiger partial charge in [0.25, 0.3) is 5.91 Å². The molecule has 34 heavy (non-hydrogen) atoms. The average Bonchev–Trinajstić information content (AvgIpc) is 2.72. The third-order valence-electron chi connectivity index (χ3n) is 6.77. The van der Waals surface area contributed by atoms with E-state index < -0.39 is 21.8 Å². The molecule has 1 amide bonds. The number of fused-ring (bicyclic) bond motifs is 1. The van der Waals surface area contributed by atoms with Crippen LogP contribution in [0.15, 0.2) is 59.5 Å². The third-order valence-corrected chi connectivity index (χ3v) is 8.58. The van der Waals surface area contributed by atoms with Gasteiger partial charge >= 0.3 is 5.97 Å². The molecule has 2 aliphatic rings. The highest BCUT2D eigenvalue weighted by molar-refractivity contribution is 7.89. The van der Waals surface area contributed by atoms with E-state index in [1.54, 1.807) is 54.3 Å². The summed E-state index contributed by atoms with van der Waals surface area (Å²) in [4.78, 5) is 26.7. The Labute approximate surface area is 196 Å². The highest BCUT2D eigenvalue weighted by atomic mass is 32.2. The first kappa shape index (κ1) is 22.5. The van der Waals surface area contributed by atoms with E-state index in [-0.39, 0.29) is 22.6 Å². The Hall–Kier alpha value is -3.30. The fraction of sp³-hybridized carbons (Fsp3) is 0.280. The Balaban J connectivity index is 1.37. The Kier molecular flexibility index (Phi) is 5.22. The summed E-state index contributed by atoms with van der Waals surface area (Å²) in [6.07, 6.45) is -0.240. The molecule has 2 aliphatic heterocycles. The van der Waals surface area contributed by atoms with E-state index in [4.69, 9.17) is 0 Å². The van der Waals surface area contributed by atoms with Crippen molar-refractivity contribution in [2.24, 2.45) is 5.41 Å². The Morgan fingerprint density at radius 1 is 1.03 bits per heavy atom. The van der Waals surface area contributed by atoms with Crippen molar-refractivity contribution < 1.29 is 27.5 Å². The fourth-order valence-corrected chi connectivity index (χ4v) is 6.72. The van der Waals surface area contributed by atoms with E-state index >= 15 is 0 Å². The number of sulfonamides is 1. The van der Waals surface area contributed by atoms with Gasteiger partial charge in [0.05, 0.1) is 16.9 Å². The minimum absolute atomic E-state index is 0.240. The van der Waals surface area contributed by atoms with Crippen LogP contribution in [0.2, 0.25) is 0 Å². The van der Waals surface area contributed by atoms with Crippen molar-refractivity contribution in [2.75, 3.05) is 26.2 Å². The van der Waals surface area contributed by atoms with Crippen molar-refractivity contribution >= 4 is 32.7 Å². The normalized spacial score (nSPS) is 17.4. The Morgan fingerprint density at radius 2 is 1.71 bits per heavy atom. The molecule has 0 saturated carbocycles. The molecule has 2 heterocycles. The van der Waals surface area contributed by atoms with Crippen molar-refractivity contribution in [1.29, 1.82) is 0 Å². The van der Waals surface area contributed by atoms with Gasteiger partial charge in [0.15, 0.2) is 0 Å². The molecule has 1 spiro atoms. The lowest BCUT2D eigenvalue weighted by molar-refractivity contribution is -0.136. The second-order valence-corrected chi connectivity index (χ2v) is 11.2. The molecular formula is C25H23FN2O5S. The van der Waals surface area contributed by atoms with Gasteiger partial charge in [-0.25, -0.2) is 12.8 Å². The third kappa shape index (κ3) is 3.65. The molecular weight excluding hydrogens is 459 g/mol. The van der Waals surface area contributed by atoms with Crippen LogP contribution in [0.4, 0.5) is 4.39 Å². The van der Waals surface area contributed by atoms with Crippen molar-refractivity contribution in [3.05, 3.63) is 77.1 Å². The molecule has 0 aliphatic carbocycles. The van der Waals surface area contributed by atoms with Crippen molar-refractivity contribution in [2.45, 2.75) is 18.2 Å². The molecule has 0 bridgehead atoms. The van der Waals surface area contributed by atoms with Gasteiger partial charge in [-0.2, -0.15) is 4.31 Å². The first-order chi connectivity index (χ1) is 16.1. The highest BCUT2D eigenvalue weighted by Gasteiger charge is 2.56. The number of hydrogen-bond donors (Lipinski definition) is 1. The average molecular weight is 483 g/mol. The Bertz CT molecular complexity index is 1420. The number of rotatable bonds is 5. The van der Waals surface area contributed by atoms with E-state index in [0.717, 1.165) is 0 Å². The van der Waals surface area contributed by atoms with E-state index in [1.807, 2.05) is 0 Å². The van der Waals surface area contributed by atoms with Gasteiger partial charge in [0, 0.05) is 31.6 Å². The monoisotopic (exact) mass is 482 g/mol. The molecule has 5 rings (SSSR count). The first-order valence-corrected chi connectivity index (χ1v) is 12.3. The largest absolute Gasteiger partial charge is 0.481 e. The number of carboxylic acids is 1. The maximum Gasteiger partial charge on any atom is 0.307 e. The molecule has 7 nitrogen and oxygen atoms in total. The van der Waals surface area contributed by atoms with Crippen molar-refractivity contribution in [3.8, 4) is 0 Å². The number of carbonyl (C=O) groups excluding carboxylic acids is 1. The quantitative estimate of drug-likeness (QED) is 0.603. The van der Waals surface area contributed by atoms with Crippen LogP contribution in [-0.4, -0.2) is 60.8 Å². The number of hydrogen-bond acceptors (Lipinski definition) is 4. The second kappa shape index (κ2) is 7.89. The maximum absolute atomic E-state index is 14.0. The van der Waals surface area contributed by atoms with Crippen LogP contribution in [0.5, 0.6) is 0 Å². The lowest BCUT2D eigenvalue weighted by Crippen LogP contribution is -2.73. The van der Waals surface area contributed by atoms with Crippen LogP contribution in [0.1, 0.15) is 21.5 Å². The zero-order valence-corrected chi connectivity index (χ0v) is 19.3. The molecule has 0 unspecified atom stereocenters. The summed E-state index contributed by atoms with van der Waals surface area (Å²) in [5.41, 5.74) is 1.05. The van der Waals surface area contributed by atoms with Gasteiger partial charge in [-0.15, -0.1) is 0 Å². The topological polar surface area (TPSA) is 95.0 Å². The van der Waals surface area contributed by atoms with Crippen LogP contribution in [-0.2, 0) is 21.2 Å². The van der Waals surface area contributed by atoms with Crippen molar-refractivity contribution in [1.82, 2.24) is 9.21 Å². The zero-order chi connectivity index (χ0) is 24.3. The molecule has 0 aromatic heterocycles. The number of halogens is 1. The summed E-state index contributed by atoms with van der Waals surface area (Å²) in [5.74, 6) is -1.79. The minimum atomic E-state index is -3.56. The summed E-state index contributed by atoms with van der Waals surface area (Å²) < 4.78 is 41.0. The summed E-state index contributed by atoms with van der Waals surface area (Å²) >= 11 is 0. The van der Waals surface area contributed by atoms with E-state index in [2.05, 4.69) is 0 Å². The summed E-state index contributed by atoms with van der Waals surface area (Å²) in [7, 11) is -3.56. The van der Waals surface area contributed by atoms with Gasteiger partial charge in [0.2, 0.25) is 10.0 Å². The molecule has 2 fully saturated rings. The molecule has 3 aromatic rings. The predicted octanol–water partition coefficient (Wildman–Crippen LogP) is 3.06. The molecule has 176 valence electrons. The number of benzene rings is 3. The SMILES string of the molecule is Cc1c(CC(=O)O)cc2ccc(F)cc2c1C(=O)N1CC2(C1)CN(S(=O)(=O)c1ccccc1)C2. The molecule has 9 heteroatoms. The van der Waals surface area contributed by atoms with E-state index in [0.29, 0.717) is 53.6 Å². The van der Waals surface area contributed by atoms with Crippen LogP contribution in [0, 0.1) is 18.2 Å². The molecule has 3 aromatic carbocycles. The van der Waals surface area contributed by atoms with Gasteiger partial charge in [-0.1, -0.05) is 30.3 Å². The standard InChI is InChI=1S/C25H23FN2O5S/c1-16-18(10-22(29)30)9-17-7-8-19(26)11-21(17)23(16)24(31)27-12-25(13-27)14-28(15-25)34(32,33)20-5-3-2-4-6-20/h2-9,11H,10,12-15H2,1H3,(H,29,30). The molecule has 1 N–H and O–H groups in total. The molecule has 2 saturated heterocycles. The first-order valence-electron chi connectivity index (χ1n) is 10.9. The lowest BCUT2D eigenvalue weighted by atomic mass is 9.74. The van der Waals surface area contributed by atoms with Crippen LogP contribution in [0.25, 0.3) is 10.8 Å². The Morgan fingerprint density at radius 3 is 2.35 bits per heavy atom. The van der Waals surface area contributed by atoms with Gasteiger partial charge in [-0.3, -0.25) is 9.59 Å².